The van der Waals surface area contributed by atoms with Gasteiger partial charge >= 0.3 is 0 Å². The van der Waals surface area contributed by atoms with Crippen molar-refractivity contribution < 1.29 is 13.2 Å². The van der Waals surface area contributed by atoms with E-state index in [0.717, 1.165) is 0 Å². The van der Waals surface area contributed by atoms with E-state index >= 15 is 0 Å². The van der Waals surface area contributed by atoms with Crippen LogP contribution in [-0.2, 0) is 9.84 Å². The molecule has 0 aromatic heterocycles. The van der Waals surface area contributed by atoms with Crippen molar-refractivity contribution >= 4 is 33.0 Å². The summed E-state index contributed by atoms with van der Waals surface area (Å²) < 4.78 is 23.0. The molecule has 2 N–H and O–H groups in total. The van der Waals surface area contributed by atoms with Gasteiger partial charge < -0.3 is 10.6 Å². The van der Waals surface area contributed by atoms with Crippen LogP contribution in [0.5, 0.6) is 0 Å². The second-order valence-corrected chi connectivity index (χ2v) is 7.31. The summed E-state index contributed by atoms with van der Waals surface area (Å²) in [5.41, 5.74) is 6.46. The molecule has 0 saturated carbocycles. The maximum Gasteiger partial charge on any atom is 0.254 e. The third-order valence-electron chi connectivity index (χ3n) is 3.01. The van der Waals surface area contributed by atoms with Crippen LogP contribution >= 0.6 is 11.6 Å². The lowest BCUT2D eigenvalue weighted by Crippen LogP contribution is -2.33. The predicted octanol–water partition coefficient (Wildman–Crippen LogP) is 1.18. The molecule has 1 aliphatic rings. The monoisotopic (exact) mass is 302 g/mol. The molecular weight excluding hydrogens is 288 g/mol. The number of nitrogens with two attached hydrogens (primary N) is 1. The van der Waals surface area contributed by atoms with Crippen molar-refractivity contribution in [1.29, 1.82) is 0 Å². The average Bonchev–Trinajstić information content (AvgIpc) is 2.48. The van der Waals surface area contributed by atoms with Gasteiger partial charge in [-0.1, -0.05) is 11.6 Å². The Morgan fingerprint density at radius 2 is 1.95 bits per heavy atom. The normalized spacial score (nSPS) is 18.9. The van der Waals surface area contributed by atoms with Crippen LogP contribution in [0.15, 0.2) is 18.2 Å². The molecule has 19 heavy (non-hydrogen) atoms. The van der Waals surface area contributed by atoms with Crippen molar-refractivity contribution in [2.75, 3.05) is 30.3 Å². The number of hydrogen-bond acceptors (Lipinski definition) is 4. The Balaban J connectivity index is 2.19. The highest BCUT2D eigenvalue weighted by Crippen LogP contribution is 2.19. The molecule has 1 amide bonds. The van der Waals surface area contributed by atoms with E-state index in [1.807, 2.05) is 0 Å². The van der Waals surface area contributed by atoms with Gasteiger partial charge in [0.15, 0.2) is 9.84 Å². The Morgan fingerprint density at radius 3 is 2.63 bits per heavy atom. The molecular formula is C12H15ClN2O3S. The lowest BCUT2D eigenvalue weighted by atomic mass is 10.1. The number of carbonyl (C=O) groups is 1. The molecule has 5 nitrogen and oxygen atoms in total. The van der Waals surface area contributed by atoms with Crippen LogP contribution in [0, 0.1) is 0 Å². The minimum atomic E-state index is -3.03. The number of carbonyl (C=O) groups excluding carboxylic acids is 1. The minimum Gasteiger partial charge on any atom is -0.399 e. The van der Waals surface area contributed by atoms with Crippen LogP contribution in [0.4, 0.5) is 5.69 Å². The number of nitrogens with zero attached hydrogens (tertiary/aromatic N) is 1. The van der Waals surface area contributed by atoms with Crippen molar-refractivity contribution in [1.82, 2.24) is 4.90 Å². The molecule has 1 saturated heterocycles. The van der Waals surface area contributed by atoms with Gasteiger partial charge in [0.2, 0.25) is 0 Å². The predicted molar refractivity (Wildman–Crippen MR) is 75.0 cm³/mol. The molecule has 1 aliphatic heterocycles. The minimum absolute atomic E-state index is 0.00872. The fourth-order valence-corrected chi connectivity index (χ4v) is 3.58. The van der Waals surface area contributed by atoms with E-state index in [-0.39, 0.29) is 24.0 Å². The Bertz CT molecular complexity index is 581. The molecule has 0 spiro atoms. The highest BCUT2D eigenvalue weighted by atomic mass is 35.5. The summed E-state index contributed by atoms with van der Waals surface area (Å²) in [5.74, 6) is -0.0882. The summed E-state index contributed by atoms with van der Waals surface area (Å²) >= 11 is 5.86. The first-order valence-electron chi connectivity index (χ1n) is 5.93. The van der Waals surface area contributed by atoms with Crippen LogP contribution in [-0.4, -0.2) is 43.8 Å². The molecule has 104 valence electrons. The molecule has 0 bridgehead atoms. The SMILES string of the molecule is Nc1cc(Cl)cc(C(=O)N2CCCS(=O)(=O)CC2)c1. The van der Waals surface area contributed by atoms with E-state index in [2.05, 4.69) is 0 Å². The van der Waals surface area contributed by atoms with Gasteiger partial charge in [0.05, 0.1) is 11.5 Å². The number of nitrogen functional groups attached to an aromatic ring is 1. The van der Waals surface area contributed by atoms with Gasteiger partial charge in [-0.3, -0.25) is 4.79 Å². The smallest absolute Gasteiger partial charge is 0.254 e. The van der Waals surface area contributed by atoms with Crippen molar-refractivity contribution in [2.45, 2.75) is 6.42 Å². The van der Waals surface area contributed by atoms with Crippen molar-refractivity contribution in [2.24, 2.45) is 0 Å². The number of rotatable bonds is 1. The Hall–Kier alpha value is -1.27. The molecule has 1 fully saturated rings. The molecule has 1 aromatic rings. The second kappa shape index (κ2) is 5.38. The molecule has 1 aromatic carbocycles. The molecule has 0 aliphatic carbocycles. The lowest BCUT2D eigenvalue weighted by Gasteiger charge is -2.20. The quantitative estimate of drug-likeness (QED) is 0.790. The molecule has 7 heteroatoms. The van der Waals surface area contributed by atoms with Crippen LogP contribution in [0.2, 0.25) is 5.02 Å². The maximum absolute atomic E-state index is 12.3. The van der Waals surface area contributed by atoms with E-state index in [9.17, 15) is 13.2 Å². The van der Waals surface area contributed by atoms with Gasteiger partial charge in [-0.05, 0) is 24.6 Å². The summed E-state index contributed by atoms with van der Waals surface area (Å²) in [6.45, 7) is 0.651. The van der Waals surface area contributed by atoms with Crippen LogP contribution in [0.3, 0.4) is 0 Å². The van der Waals surface area contributed by atoms with Gasteiger partial charge in [0, 0.05) is 29.4 Å². The number of benzene rings is 1. The summed E-state index contributed by atoms with van der Waals surface area (Å²) in [5, 5.41) is 0.394. The van der Waals surface area contributed by atoms with Crippen molar-refractivity contribution in [3.05, 3.63) is 28.8 Å². The van der Waals surface area contributed by atoms with Crippen LogP contribution in [0.25, 0.3) is 0 Å². The van der Waals surface area contributed by atoms with E-state index in [1.54, 1.807) is 18.2 Å². The number of hydrogen-bond donors (Lipinski definition) is 1. The molecule has 0 atom stereocenters. The molecule has 0 unspecified atom stereocenters. The number of amides is 1. The van der Waals surface area contributed by atoms with Crippen LogP contribution < -0.4 is 5.73 Å². The van der Waals surface area contributed by atoms with Gasteiger partial charge in [-0.2, -0.15) is 0 Å². The first-order chi connectivity index (χ1) is 8.87. The number of halogens is 1. The zero-order valence-electron chi connectivity index (χ0n) is 10.3. The summed E-state index contributed by atoms with van der Waals surface area (Å²) in [7, 11) is -3.03. The zero-order valence-corrected chi connectivity index (χ0v) is 11.9. The van der Waals surface area contributed by atoms with Crippen LogP contribution in [0.1, 0.15) is 16.8 Å². The Kier molecular flexibility index (Phi) is 4.01. The Morgan fingerprint density at radius 1 is 1.21 bits per heavy atom. The second-order valence-electron chi connectivity index (χ2n) is 4.57. The number of sulfone groups is 1. The Labute approximate surface area is 117 Å². The fraction of sp³-hybridized carbons (Fsp3) is 0.417. The topological polar surface area (TPSA) is 80.5 Å². The lowest BCUT2D eigenvalue weighted by molar-refractivity contribution is 0.0768. The maximum atomic E-state index is 12.3. The average molecular weight is 303 g/mol. The highest BCUT2D eigenvalue weighted by molar-refractivity contribution is 7.91. The largest absolute Gasteiger partial charge is 0.399 e. The molecule has 1 heterocycles. The standard InChI is InChI=1S/C12H15ClN2O3S/c13-10-6-9(7-11(14)8-10)12(16)15-2-1-4-19(17,18)5-3-15/h6-8H,1-5,14H2. The first-order valence-corrected chi connectivity index (χ1v) is 8.13. The summed E-state index contributed by atoms with van der Waals surface area (Å²) in [4.78, 5) is 13.8. The van der Waals surface area contributed by atoms with Gasteiger partial charge in [0.1, 0.15) is 0 Å². The van der Waals surface area contributed by atoms with E-state index < -0.39 is 9.84 Å². The van der Waals surface area contributed by atoms with Gasteiger partial charge in [0.25, 0.3) is 5.91 Å². The zero-order chi connectivity index (χ0) is 14.0. The molecule has 2 rings (SSSR count). The number of anilines is 1. The first kappa shape index (κ1) is 14.1. The van der Waals surface area contributed by atoms with E-state index in [4.69, 9.17) is 17.3 Å². The van der Waals surface area contributed by atoms with Gasteiger partial charge in [-0.25, -0.2) is 8.42 Å². The van der Waals surface area contributed by atoms with Gasteiger partial charge in [-0.15, -0.1) is 0 Å². The van der Waals surface area contributed by atoms with Crippen molar-refractivity contribution in [3.63, 3.8) is 0 Å². The summed E-state index contributed by atoms with van der Waals surface area (Å²) in [6.07, 6.45) is 0.462. The molecule has 0 radical (unpaired) electrons. The highest BCUT2D eigenvalue weighted by Gasteiger charge is 2.23. The van der Waals surface area contributed by atoms with E-state index in [1.165, 1.54) is 4.90 Å². The fourth-order valence-electron chi connectivity index (χ4n) is 2.06. The third-order valence-corrected chi connectivity index (χ3v) is 4.94. The van der Waals surface area contributed by atoms with E-state index in [0.29, 0.717) is 29.2 Å². The summed E-state index contributed by atoms with van der Waals surface area (Å²) in [6, 6.07) is 4.65. The third kappa shape index (κ3) is 3.61. The van der Waals surface area contributed by atoms with Crippen molar-refractivity contribution in [3.8, 4) is 0 Å².